The maximum Gasteiger partial charge on any atom is 0.348 e. The third-order valence-corrected chi connectivity index (χ3v) is 1.17. The first-order chi connectivity index (χ1) is 5.16. The van der Waals surface area contributed by atoms with Crippen LogP contribution in [0.25, 0.3) is 0 Å². The van der Waals surface area contributed by atoms with Gasteiger partial charge in [0.1, 0.15) is 6.21 Å². The molecule has 0 rings (SSSR count). The molecule has 4 nitrogen and oxygen atoms in total. The molecule has 4 heteroatoms. The minimum absolute atomic E-state index is 0.147. The summed E-state index contributed by atoms with van der Waals surface area (Å²) in [4.78, 5) is 10.4. The first-order valence-electron chi connectivity index (χ1n) is 3.59. The topological polar surface area (TPSA) is 76.2 Å². The van der Waals surface area contributed by atoms with Crippen LogP contribution >= 0.6 is 0 Å². The lowest BCUT2D eigenvalue weighted by Gasteiger charge is -2.03. The SMILES string of the molecule is CC(N)CCCOC(=O)C=N. The van der Waals surface area contributed by atoms with E-state index in [2.05, 4.69) is 4.74 Å². The second-order valence-corrected chi connectivity index (χ2v) is 2.43. The van der Waals surface area contributed by atoms with Gasteiger partial charge in [0, 0.05) is 6.04 Å². The van der Waals surface area contributed by atoms with Gasteiger partial charge in [-0.1, -0.05) is 0 Å². The van der Waals surface area contributed by atoms with E-state index in [-0.39, 0.29) is 6.04 Å². The van der Waals surface area contributed by atoms with Gasteiger partial charge in [0.15, 0.2) is 0 Å². The van der Waals surface area contributed by atoms with Crippen LogP contribution in [0.1, 0.15) is 19.8 Å². The highest BCUT2D eigenvalue weighted by molar-refractivity contribution is 6.21. The Morgan fingerprint density at radius 3 is 2.91 bits per heavy atom. The van der Waals surface area contributed by atoms with E-state index >= 15 is 0 Å². The minimum Gasteiger partial charge on any atom is -0.461 e. The molecule has 0 saturated heterocycles. The third-order valence-electron chi connectivity index (χ3n) is 1.17. The zero-order valence-electron chi connectivity index (χ0n) is 6.67. The number of ether oxygens (including phenoxy) is 1. The summed E-state index contributed by atoms with van der Waals surface area (Å²) in [6.07, 6.45) is 2.26. The minimum atomic E-state index is -0.588. The number of nitrogens with two attached hydrogens (primary N) is 1. The van der Waals surface area contributed by atoms with E-state index in [4.69, 9.17) is 11.1 Å². The van der Waals surface area contributed by atoms with Crippen LogP contribution in [-0.4, -0.2) is 24.8 Å². The van der Waals surface area contributed by atoms with E-state index in [1.165, 1.54) is 0 Å². The van der Waals surface area contributed by atoms with Gasteiger partial charge in [-0.05, 0) is 19.8 Å². The van der Waals surface area contributed by atoms with Crippen LogP contribution in [0.2, 0.25) is 0 Å². The Kier molecular flexibility index (Phi) is 5.37. The van der Waals surface area contributed by atoms with Gasteiger partial charge in [-0.25, -0.2) is 4.79 Å². The fourth-order valence-corrected chi connectivity index (χ4v) is 0.620. The second kappa shape index (κ2) is 5.85. The average Bonchev–Trinajstić information content (AvgIpc) is 1.97. The predicted octanol–water partition coefficient (Wildman–Crippen LogP) is 0.307. The number of carbonyl (C=O) groups is 1. The molecule has 0 aromatic heterocycles. The molecule has 3 N–H and O–H groups in total. The number of hydrogen-bond donors (Lipinski definition) is 2. The lowest BCUT2D eigenvalue weighted by Crippen LogP contribution is -2.16. The smallest absolute Gasteiger partial charge is 0.348 e. The molecule has 0 aliphatic heterocycles. The lowest BCUT2D eigenvalue weighted by molar-refractivity contribution is -0.135. The van der Waals surface area contributed by atoms with Crippen LogP contribution in [0.15, 0.2) is 0 Å². The molecule has 1 atom stereocenters. The van der Waals surface area contributed by atoms with Crippen LogP contribution in [0, 0.1) is 5.41 Å². The summed E-state index contributed by atoms with van der Waals surface area (Å²) in [5.41, 5.74) is 5.46. The van der Waals surface area contributed by atoms with Gasteiger partial charge in [-0.3, -0.25) is 0 Å². The maximum atomic E-state index is 10.4. The highest BCUT2D eigenvalue weighted by Crippen LogP contribution is 1.93. The summed E-state index contributed by atoms with van der Waals surface area (Å²) < 4.78 is 4.60. The van der Waals surface area contributed by atoms with E-state index in [9.17, 15) is 4.79 Å². The van der Waals surface area contributed by atoms with Crippen molar-refractivity contribution in [3.8, 4) is 0 Å². The molecule has 0 aromatic carbocycles. The van der Waals surface area contributed by atoms with Crippen LogP contribution in [0.4, 0.5) is 0 Å². The van der Waals surface area contributed by atoms with E-state index in [0.29, 0.717) is 12.8 Å². The van der Waals surface area contributed by atoms with Gasteiger partial charge in [-0.2, -0.15) is 0 Å². The average molecular weight is 158 g/mol. The fraction of sp³-hybridized carbons (Fsp3) is 0.714. The molecule has 0 amide bonds. The Bertz CT molecular complexity index is 134. The first kappa shape index (κ1) is 10.1. The van der Waals surface area contributed by atoms with Crippen molar-refractivity contribution < 1.29 is 9.53 Å². The summed E-state index contributed by atoms with van der Waals surface area (Å²) in [7, 11) is 0. The second-order valence-electron chi connectivity index (χ2n) is 2.43. The zero-order valence-corrected chi connectivity index (χ0v) is 6.67. The maximum absolute atomic E-state index is 10.4. The van der Waals surface area contributed by atoms with Crippen molar-refractivity contribution in [3.05, 3.63) is 0 Å². The van der Waals surface area contributed by atoms with Gasteiger partial charge in [-0.15, -0.1) is 0 Å². The van der Waals surface area contributed by atoms with Crippen molar-refractivity contribution in [2.24, 2.45) is 5.73 Å². The molecular weight excluding hydrogens is 144 g/mol. The molecule has 0 fully saturated rings. The van der Waals surface area contributed by atoms with E-state index in [0.717, 1.165) is 12.8 Å². The molecule has 0 spiro atoms. The molecule has 0 bridgehead atoms. The summed E-state index contributed by atoms with van der Waals surface area (Å²) in [5, 5.41) is 6.50. The fourth-order valence-electron chi connectivity index (χ4n) is 0.620. The van der Waals surface area contributed by atoms with Gasteiger partial charge in [0.2, 0.25) is 0 Å². The van der Waals surface area contributed by atoms with Crippen molar-refractivity contribution in [1.29, 1.82) is 5.41 Å². The molecule has 64 valence electrons. The standard InChI is InChI=1S/C7H14N2O2/c1-6(9)3-2-4-11-7(10)5-8/h5-6,8H,2-4,9H2,1H3. The molecule has 0 heterocycles. The van der Waals surface area contributed by atoms with E-state index < -0.39 is 5.97 Å². The van der Waals surface area contributed by atoms with Crippen LogP contribution in [0.3, 0.4) is 0 Å². The molecule has 11 heavy (non-hydrogen) atoms. The Morgan fingerprint density at radius 2 is 2.45 bits per heavy atom. The van der Waals surface area contributed by atoms with Crippen molar-refractivity contribution >= 4 is 12.2 Å². The molecular formula is C7H14N2O2. The molecule has 0 aliphatic rings. The number of rotatable bonds is 5. The number of carbonyl (C=O) groups excluding carboxylic acids is 1. The van der Waals surface area contributed by atoms with E-state index in [1.54, 1.807) is 0 Å². The van der Waals surface area contributed by atoms with Gasteiger partial charge in [0.25, 0.3) is 0 Å². The van der Waals surface area contributed by atoms with Crippen molar-refractivity contribution in [2.45, 2.75) is 25.8 Å². The predicted molar refractivity (Wildman–Crippen MR) is 42.6 cm³/mol. The van der Waals surface area contributed by atoms with Crippen molar-refractivity contribution in [2.75, 3.05) is 6.61 Å². The monoisotopic (exact) mass is 158 g/mol. The van der Waals surface area contributed by atoms with Crippen LogP contribution in [-0.2, 0) is 9.53 Å². The summed E-state index contributed by atoms with van der Waals surface area (Å²) in [5.74, 6) is -0.588. The Morgan fingerprint density at radius 1 is 1.82 bits per heavy atom. The quantitative estimate of drug-likeness (QED) is 0.343. The molecule has 0 aliphatic carbocycles. The first-order valence-corrected chi connectivity index (χ1v) is 3.59. The molecule has 0 saturated carbocycles. The zero-order chi connectivity index (χ0) is 8.69. The van der Waals surface area contributed by atoms with Gasteiger partial charge >= 0.3 is 5.97 Å². The normalized spacial score (nSPS) is 12.2. The summed E-state index contributed by atoms with van der Waals surface area (Å²) in [6, 6.07) is 0.147. The highest BCUT2D eigenvalue weighted by Gasteiger charge is 1.97. The molecule has 1 unspecified atom stereocenters. The van der Waals surface area contributed by atoms with Gasteiger partial charge in [0.05, 0.1) is 6.61 Å². The number of nitrogens with one attached hydrogen (secondary N) is 1. The number of hydrogen-bond acceptors (Lipinski definition) is 4. The Labute approximate surface area is 66.2 Å². The Balaban J connectivity index is 3.14. The van der Waals surface area contributed by atoms with Crippen LogP contribution < -0.4 is 5.73 Å². The van der Waals surface area contributed by atoms with Crippen molar-refractivity contribution in [1.82, 2.24) is 0 Å². The highest BCUT2D eigenvalue weighted by atomic mass is 16.5. The van der Waals surface area contributed by atoms with Gasteiger partial charge < -0.3 is 15.9 Å². The molecule has 0 radical (unpaired) electrons. The third kappa shape index (κ3) is 6.99. The van der Waals surface area contributed by atoms with E-state index in [1.807, 2.05) is 6.92 Å². The summed E-state index contributed by atoms with van der Waals surface area (Å²) >= 11 is 0. The number of esters is 1. The summed E-state index contributed by atoms with van der Waals surface area (Å²) in [6.45, 7) is 2.26. The molecule has 0 aromatic rings. The lowest BCUT2D eigenvalue weighted by atomic mass is 10.2. The largest absolute Gasteiger partial charge is 0.461 e. The van der Waals surface area contributed by atoms with Crippen LogP contribution in [0.5, 0.6) is 0 Å². The van der Waals surface area contributed by atoms with Crippen molar-refractivity contribution in [3.63, 3.8) is 0 Å². The Hall–Kier alpha value is -0.900.